The van der Waals surface area contributed by atoms with Gasteiger partial charge in [0.2, 0.25) is 0 Å². The van der Waals surface area contributed by atoms with Crippen LogP contribution in [0, 0.1) is 0 Å². The second-order valence-corrected chi connectivity index (χ2v) is 8.16. The van der Waals surface area contributed by atoms with Crippen LogP contribution in [-0.4, -0.2) is 44.0 Å². The van der Waals surface area contributed by atoms with Gasteiger partial charge in [-0.15, -0.1) is 0 Å². The van der Waals surface area contributed by atoms with Crippen molar-refractivity contribution in [1.29, 1.82) is 0 Å². The minimum atomic E-state index is -2.83. The van der Waals surface area contributed by atoms with E-state index in [4.69, 9.17) is 4.42 Å². The van der Waals surface area contributed by atoms with E-state index < -0.39 is 9.84 Å². The van der Waals surface area contributed by atoms with Gasteiger partial charge in [0.05, 0.1) is 24.3 Å². The highest BCUT2D eigenvalue weighted by molar-refractivity contribution is 7.91. The Labute approximate surface area is 121 Å². The summed E-state index contributed by atoms with van der Waals surface area (Å²) in [6.07, 6.45) is 2.49. The van der Waals surface area contributed by atoms with Crippen molar-refractivity contribution in [3.8, 4) is 0 Å². The largest absolute Gasteiger partial charge is 0.468 e. The monoisotopic (exact) mass is 300 g/mol. The second kappa shape index (κ2) is 6.28. The normalized spacial score (nSPS) is 21.9. The maximum Gasteiger partial charge on any atom is 0.151 e. The number of nitrogens with one attached hydrogen (secondary N) is 1. The van der Waals surface area contributed by atoms with Crippen LogP contribution in [0.15, 0.2) is 16.7 Å². The lowest BCUT2D eigenvalue weighted by Gasteiger charge is -2.21. The summed E-state index contributed by atoms with van der Waals surface area (Å²) in [5, 5.41) is 3.34. The van der Waals surface area contributed by atoms with Crippen molar-refractivity contribution >= 4 is 9.84 Å². The maximum atomic E-state index is 11.5. The molecule has 0 spiro atoms. The van der Waals surface area contributed by atoms with E-state index >= 15 is 0 Å². The minimum Gasteiger partial charge on any atom is -0.468 e. The van der Waals surface area contributed by atoms with Crippen molar-refractivity contribution in [1.82, 2.24) is 10.2 Å². The first kappa shape index (κ1) is 15.5. The van der Waals surface area contributed by atoms with E-state index in [9.17, 15) is 8.42 Å². The Balaban J connectivity index is 1.87. The first-order valence-electron chi connectivity index (χ1n) is 7.06. The molecule has 0 aliphatic carbocycles. The SMILES string of the molecule is CC(C)NCc1coc(CN(C)C2CCS(=O)(=O)C2)c1. The van der Waals surface area contributed by atoms with Gasteiger partial charge in [-0.05, 0) is 19.5 Å². The summed E-state index contributed by atoms with van der Waals surface area (Å²) in [6.45, 7) is 5.66. The molecular weight excluding hydrogens is 276 g/mol. The molecule has 1 saturated heterocycles. The molecule has 0 aromatic carbocycles. The summed E-state index contributed by atoms with van der Waals surface area (Å²) < 4.78 is 28.5. The number of hydrogen-bond acceptors (Lipinski definition) is 5. The van der Waals surface area contributed by atoms with Gasteiger partial charge < -0.3 is 9.73 Å². The van der Waals surface area contributed by atoms with E-state index in [-0.39, 0.29) is 11.8 Å². The fourth-order valence-corrected chi connectivity index (χ4v) is 4.23. The minimum absolute atomic E-state index is 0.113. The van der Waals surface area contributed by atoms with Crippen molar-refractivity contribution in [3.63, 3.8) is 0 Å². The molecule has 0 bridgehead atoms. The molecule has 1 atom stereocenters. The molecular formula is C14H24N2O3S. The molecule has 5 nitrogen and oxygen atoms in total. The molecule has 0 radical (unpaired) electrons. The Kier molecular flexibility index (Phi) is 4.88. The number of rotatable bonds is 6. The fraction of sp³-hybridized carbons (Fsp3) is 0.714. The van der Waals surface area contributed by atoms with E-state index in [2.05, 4.69) is 24.1 Å². The molecule has 1 fully saturated rings. The molecule has 114 valence electrons. The molecule has 0 saturated carbocycles. The molecule has 20 heavy (non-hydrogen) atoms. The Morgan fingerprint density at radius 3 is 2.85 bits per heavy atom. The van der Waals surface area contributed by atoms with Gasteiger partial charge in [-0.3, -0.25) is 4.90 Å². The molecule has 2 heterocycles. The average Bonchev–Trinajstić information content (AvgIpc) is 2.93. The number of furan rings is 1. The molecule has 2 rings (SSSR count). The van der Waals surface area contributed by atoms with Gasteiger partial charge in [-0.2, -0.15) is 0 Å². The van der Waals surface area contributed by atoms with Crippen LogP contribution in [0.2, 0.25) is 0 Å². The van der Waals surface area contributed by atoms with Crippen LogP contribution in [0.3, 0.4) is 0 Å². The Morgan fingerprint density at radius 2 is 2.25 bits per heavy atom. The first-order valence-corrected chi connectivity index (χ1v) is 8.88. The Morgan fingerprint density at radius 1 is 1.50 bits per heavy atom. The highest BCUT2D eigenvalue weighted by Crippen LogP contribution is 2.19. The molecule has 1 aliphatic rings. The first-order chi connectivity index (χ1) is 9.35. The third-order valence-electron chi connectivity index (χ3n) is 3.66. The van der Waals surface area contributed by atoms with Crippen LogP contribution < -0.4 is 5.32 Å². The molecule has 1 aromatic heterocycles. The quantitative estimate of drug-likeness (QED) is 0.860. The summed E-state index contributed by atoms with van der Waals surface area (Å²) in [7, 11) is -0.870. The molecule has 1 aliphatic heterocycles. The van der Waals surface area contributed by atoms with Crippen LogP contribution in [-0.2, 0) is 22.9 Å². The lowest BCUT2D eigenvalue weighted by Crippen LogP contribution is -2.31. The summed E-state index contributed by atoms with van der Waals surface area (Å²) in [5.41, 5.74) is 1.13. The average molecular weight is 300 g/mol. The summed E-state index contributed by atoms with van der Waals surface area (Å²) in [4.78, 5) is 2.07. The van der Waals surface area contributed by atoms with E-state index in [0.29, 0.717) is 18.3 Å². The third-order valence-corrected chi connectivity index (χ3v) is 5.41. The molecule has 1 aromatic rings. The zero-order valence-electron chi connectivity index (χ0n) is 12.4. The Hall–Kier alpha value is -0.850. The van der Waals surface area contributed by atoms with Crippen LogP contribution in [0.1, 0.15) is 31.6 Å². The van der Waals surface area contributed by atoms with E-state index in [0.717, 1.165) is 24.3 Å². The van der Waals surface area contributed by atoms with Crippen molar-refractivity contribution in [3.05, 3.63) is 23.7 Å². The van der Waals surface area contributed by atoms with Gasteiger partial charge in [0.15, 0.2) is 9.84 Å². The van der Waals surface area contributed by atoms with Crippen molar-refractivity contribution in [2.24, 2.45) is 0 Å². The molecule has 1 N–H and O–H groups in total. The summed E-state index contributed by atoms with van der Waals surface area (Å²) in [5.74, 6) is 1.47. The lowest BCUT2D eigenvalue weighted by atomic mass is 10.2. The molecule has 1 unspecified atom stereocenters. The zero-order valence-corrected chi connectivity index (χ0v) is 13.2. The highest BCUT2D eigenvalue weighted by atomic mass is 32.2. The summed E-state index contributed by atoms with van der Waals surface area (Å²) >= 11 is 0. The van der Waals surface area contributed by atoms with Gasteiger partial charge in [-0.25, -0.2) is 8.42 Å². The predicted molar refractivity (Wildman–Crippen MR) is 79.2 cm³/mol. The standard InChI is InChI=1S/C14H24N2O3S/c1-11(2)15-7-12-6-14(19-9-12)8-16(3)13-4-5-20(17,18)10-13/h6,9,11,13,15H,4-5,7-8,10H2,1-3H3. The predicted octanol–water partition coefficient (Wildman–Crippen LogP) is 1.40. The van der Waals surface area contributed by atoms with E-state index in [1.54, 1.807) is 6.26 Å². The van der Waals surface area contributed by atoms with E-state index in [1.165, 1.54) is 0 Å². The van der Waals surface area contributed by atoms with Gasteiger partial charge in [-0.1, -0.05) is 13.8 Å². The Bertz CT molecular complexity index is 536. The van der Waals surface area contributed by atoms with Crippen LogP contribution in [0.5, 0.6) is 0 Å². The fourth-order valence-electron chi connectivity index (χ4n) is 2.42. The highest BCUT2D eigenvalue weighted by Gasteiger charge is 2.30. The van der Waals surface area contributed by atoms with Crippen molar-refractivity contribution in [2.45, 2.75) is 45.4 Å². The van der Waals surface area contributed by atoms with E-state index in [1.807, 2.05) is 13.1 Å². The maximum absolute atomic E-state index is 11.5. The van der Waals surface area contributed by atoms with Crippen LogP contribution in [0.4, 0.5) is 0 Å². The number of hydrogen-bond donors (Lipinski definition) is 1. The zero-order chi connectivity index (χ0) is 14.8. The van der Waals surface area contributed by atoms with Crippen LogP contribution in [0.25, 0.3) is 0 Å². The smallest absolute Gasteiger partial charge is 0.151 e. The molecule has 6 heteroatoms. The van der Waals surface area contributed by atoms with Gasteiger partial charge in [0.1, 0.15) is 5.76 Å². The summed E-state index contributed by atoms with van der Waals surface area (Å²) in [6, 6.07) is 2.59. The second-order valence-electron chi connectivity index (χ2n) is 5.93. The van der Waals surface area contributed by atoms with Crippen molar-refractivity contribution in [2.75, 3.05) is 18.6 Å². The van der Waals surface area contributed by atoms with Gasteiger partial charge in [0, 0.05) is 24.2 Å². The molecule has 0 amide bonds. The van der Waals surface area contributed by atoms with Crippen molar-refractivity contribution < 1.29 is 12.8 Å². The number of sulfone groups is 1. The van der Waals surface area contributed by atoms with Gasteiger partial charge >= 0.3 is 0 Å². The van der Waals surface area contributed by atoms with Crippen LogP contribution >= 0.6 is 0 Å². The topological polar surface area (TPSA) is 62.6 Å². The third kappa shape index (κ3) is 4.33. The van der Waals surface area contributed by atoms with Gasteiger partial charge in [0.25, 0.3) is 0 Å². The lowest BCUT2D eigenvalue weighted by molar-refractivity contribution is 0.234. The number of nitrogens with zero attached hydrogens (tertiary/aromatic N) is 1.